The van der Waals surface area contributed by atoms with Gasteiger partial charge in [-0.25, -0.2) is 0 Å². The van der Waals surface area contributed by atoms with Crippen molar-refractivity contribution in [3.05, 3.63) is 35.5 Å². The van der Waals surface area contributed by atoms with E-state index in [-0.39, 0.29) is 0 Å². The number of hydrogen-bond acceptors (Lipinski definition) is 2. The van der Waals surface area contributed by atoms with E-state index in [2.05, 4.69) is 37.4 Å². The number of para-hydroxylation sites is 1. The molecule has 21 heavy (non-hydrogen) atoms. The van der Waals surface area contributed by atoms with Crippen molar-refractivity contribution >= 4 is 22.8 Å². The summed E-state index contributed by atoms with van der Waals surface area (Å²) in [7, 11) is 0. The van der Waals surface area contributed by atoms with Crippen LogP contribution in [0.5, 0.6) is 0 Å². The second-order valence-corrected chi connectivity index (χ2v) is 5.92. The van der Waals surface area contributed by atoms with Gasteiger partial charge in [0.15, 0.2) is 0 Å². The minimum absolute atomic E-state index is 1.08. The van der Waals surface area contributed by atoms with Gasteiger partial charge in [-0.3, -0.25) is 9.98 Å². The van der Waals surface area contributed by atoms with Crippen LogP contribution in [0, 0.1) is 0 Å². The first-order valence-corrected chi connectivity index (χ1v) is 8.33. The van der Waals surface area contributed by atoms with Crippen molar-refractivity contribution in [3.8, 4) is 0 Å². The Labute approximate surface area is 127 Å². The molecule has 0 bridgehead atoms. The maximum atomic E-state index is 4.86. The number of fused-ring (bicyclic) bond motifs is 2. The highest BCUT2D eigenvalue weighted by Gasteiger charge is 2.17. The van der Waals surface area contributed by atoms with Gasteiger partial charge >= 0.3 is 0 Å². The number of hydrogen-bond donors (Lipinski definition) is 0. The van der Waals surface area contributed by atoms with Gasteiger partial charge in [0.05, 0.1) is 11.2 Å². The van der Waals surface area contributed by atoms with Crippen LogP contribution in [0.4, 0.5) is 5.69 Å². The topological polar surface area (TPSA) is 25.2 Å². The number of nitrogens with zero attached hydrogens (tertiary/aromatic N) is 2. The van der Waals surface area contributed by atoms with E-state index in [1.165, 1.54) is 54.4 Å². The molecule has 2 heteroatoms. The maximum absolute atomic E-state index is 4.86. The van der Waals surface area contributed by atoms with Crippen LogP contribution in [-0.4, -0.2) is 11.2 Å². The molecule has 1 aromatic carbocycles. The molecule has 0 radical (unpaired) electrons. The summed E-state index contributed by atoms with van der Waals surface area (Å²) < 4.78 is 0. The highest BCUT2D eigenvalue weighted by molar-refractivity contribution is 5.93. The van der Waals surface area contributed by atoms with E-state index < -0.39 is 0 Å². The van der Waals surface area contributed by atoms with Gasteiger partial charge in [-0.1, -0.05) is 38.0 Å². The monoisotopic (exact) mass is 280 g/mol. The average Bonchev–Trinajstić information content (AvgIpc) is 2.53. The summed E-state index contributed by atoms with van der Waals surface area (Å²) in [5, 5.41) is 1.21. The zero-order valence-electron chi connectivity index (χ0n) is 12.9. The fourth-order valence-corrected chi connectivity index (χ4v) is 3.14. The van der Waals surface area contributed by atoms with Crippen LogP contribution in [-0.2, 0) is 12.8 Å². The third-order valence-corrected chi connectivity index (χ3v) is 4.30. The Hall–Kier alpha value is -1.70. The van der Waals surface area contributed by atoms with Gasteiger partial charge in [0.25, 0.3) is 0 Å². The summed E-state index contributed by atoms with van der Waals surface area (Å²) in [5.41, 5.74) is 4.96. The average molecular weight is 280 g/mol. The predicted octanol–water partition coefficient (Wildman–Crippen LogP) is 5.40. The lowest BCUT2D eigenvalue weighted by Gasteiger charge is -2.18. The number of aromatic nitrogens is 1. The van der Waals surface area contributed by atoms with E-state index in [1.807, 2.05) is 0 Å². The summed E-state index contributed by atoms with van der Waals surface area (Å²) in [6.07, 6.45) is 11.8. The van der Waals surface area contributed by atoms with Gasteiger partial charge in [0.1, 0.15) is 0 Å². The second-order valence-electron chi connectivity index (χ2n) is 5.92. The van der Waals surface area contributed by atoms with Crippen LogP contribution in [0.2, 0.25) is 0 Å². The Morgan fingerprint density at radius 1 is 1.14 bits per heavy atom. The van der Waals surface area contributed by atoms with Crippen LogP contribution in [0.15, 0.2) is 29.3 Å². The molecular formula is C19H24N2. The first kappa shape index (κ1) is 14.2. The smallest absolute Gasteiger partial charge is 0.0769 e. The standard InChI is InChI=1S/C19H24N2/c1-2-3-4-9-14-20-19-15-10-5-7-12-17(15)21-18-13-8-6-11-16(18)19/h5,7,10,12,14H,2-4,6,8-9,11,13H2,1H3. The lowest BCUT2D eigenvalue weighted by Crippen LogP contribution is -2.06. The molecule has 0 saturated carbocycles. The van der Waals surface area contributed by atoms with Crippen molar-refractivity contribution in [2.75, 3.05) is 0 Å². The molecule has 0 unspecified atom stereocenters. The van der Waals surface area contributed by atoms with Crippen molar-refractivity contribution in [1.29, 1.82) is 0 Å². The molecule has 1 aliphatic rings. The van der Waals surface area contributed by atoms with Crippen molar-refractivity contribution in [1.82, 2.24) is 4.98 Å². The molecule has 0 fully saturated rings. The number of benzene rings is 1. The summed E-state index contributed by atoms with van der Waals surface area (Å²) in [4.78, 5) is 9.71. The van der Waals surface area contributed by atoms with Gasteiger partial charge in [-0.2, -0.15) is 0 Å². The summed E-state index contributed by atoms with van der Waals surface area (Å²) in [5.74, 6) is 0. The molecule has 0 atom stereocenters. The fourth-order valence-electron chi connectivity index (χ4n) is 3.14. The third-order valence-electron chi connectivity index (χ3n) is 4.30. The van der Waals surface area contributed by atoms with Crippen molar-refractivity contribution in [2.24, 2.45) is 4.99 Å². The number of rotatable bonds is 5. The first-order valence-electron chi connectivity index (χ1n) is 8.33. The van der Waals surface area contributed by atoms with Crippen LogP contribution < -0.4 is 0 Å². The van der Waals surface area contributed by atoms with Crippen LogP contribution in [0.3, 0.4) is 0 Å². The van der Waals surface area contributed by atoms with E-state index in [4.69, 9.17) is 9.98 Å². The van der Waals surface area contributed by atoms with E-state index in [1.54, 1.807) is 0 Å². The Morgan fingerprint density at radius 3 is 2.90 bits per heavy atom. The molecule has 1 aliphatic carbocycles. The molecule has 0 spiro atoms. The van der Waals surface area contributed by atoms with Gasteiger partial charge in [-0.05, 0) is 50.2 Å². The summed E-state index contributed by atoms with van der Waals surface area (Å²) >= 11 is 0. The quantitative estimate of drug-likeness (QED) is 0.532. The highest BCUT2D eigenvalue weighted by Crippen LogP contribution is 2.35. The Kier molecular flexibility index (Phi) is 4.64. The molecule has 110 valence electrons. The fraction of sp³-hybridized carbons (Fsp3) is 0.474. The molecule has 0 amide bonds. The lowest BCUT2D eigenvalue weighted by atomic mass is 9.93. The van der Waals surface area contributed by atoms with E-state index in [9.17, 15) is 0 Å². The molecule has 3 rings (SSSR count). The SMILES string of the molecule is CCCCCC=Nc1c2c(nc3ccccc13)CCCC2. The molecule has 0 saturated heterocycles. The first-order chi connectivity index (χ1) is 10.4. The molecule has 2 aromatic rings. The zero-order chi connectivity index (χ0) is 14.5. The molecule has 1 heterocycles. The van der Waals surface area contributed by atoms with Crippen LogP contribution in [0.1, 0.15) is 56.7 Å². The van der Waals surface area contributed by atoms with Crippen LogP contribution in [0.25, 0.3) is 10.9 Å². The minimum atomic E-state index is 1.08. The van der Waals surface area contributed by atoms with E-state index in [0.29, 0.717) is 0 Å². The summed E-state index contributed by atoms with van der Waals surface area (Å²) in [6.45, 7) is 2.24. The van der Waals surface area contributed by atoms with Gasteiger partial charge in [-0.15, -0.1) is 0 Å². The largest absolute Gasteiger partial charge is 0.260 e. The lowest BCUT2D eigenvalue weighted by molar-refractivity contribution is 0.672. The van der Waals surface area contributed by atoms with E-state index in [0.717, 1.165) is 24.8 Å². The van der Waals surface area contributed by atoms with Gasteiger partial charge in [0.2, 0.25) is 0 Å². The molecular weight excluding hydrogens is 256 g/mol. The normalized spacial score (nSPS) is 14.7. The maximum Gasteiger partial charge on any atom is 0.0769 e. The third kappa shape index (κ3) is 3.15. The molecule has 0 aliphatic heterocycles. The predicted molar refractivity (Wildman–Crippen MR) is 90.7 cm³/mol. The molecule has 1 aromatic heterocycles. The van der Waals surface area contributed by atoms with Crippen molar-refractivity contribution in [3.63, 3.8) is 0 Å². The van der Waals surface area contributed by atoms with Crippen molar-refractivity contribution < 1.29 is 0 Å². The van der Waals surface area contributed by atoms with E-state index >= 15 is 0 Å². The molecule has 0 N–H and O–H groups in total. The van der Waals surface area contributed by atoms with Crippen LogP contribution >= 0.6 is 0 Å². The minimum Gasteiger partial charge on any atom is -0.260 e. The second kappa shape index (κ2) is 6.84. The Balaban J connectivity index is 1.97. The Bertz CT molecular complexity index is 643. The number of aliphatic imine (C=N–C) groups is 1. The summed E-state index contributed by atoms with van der Waals surface area (Å²) in [6, 6.07) is 8.44. The number of pyridine rings is 1. The van der Waals surface area contributed by atoms with Gasteiger partial charge in [0, 0.05) is 17.3 Å². The molecule has 2 nitrogen and oxygen atoms in total. The zero-order valence-corrected chi connectivity index (χ0v) is 12.9. The van der Waals surface area contributed by atoms with Crippen molar-refractivity contribution in [2.45, 2.75) is 58.3 Å². The number of unbranched alkanes of at least 4 members (excludes halogenated alkanes) is 3. The highest BCUT2D eigenvalue weighted by atomic mass is 14.8. The van der Waals surface area contributed by atoms with Gasteiger partial charge < -0.3 is 0 Å². The number of aryl methyl sites for hydroxylation is 1. The Morgan fingerprint density at radius 2 is 2.00 bits per heavy atom.